The Kier molecular flexibility index (Phi) is 3.52. The second-order valence-corrected chi connectivity index (χ2v) is 5.41. The molecule has 19 heavy (non-hydrogen) atoms. The highest BCUT2D eigenvalue weighted by Gasteiger charge is 2.20. The molecule has 2 N–H and O–H groups in total. The van der Waals surface area contributed by atoms with Crippen molar-refractivity contribution in [3.05, 3.63) is 50.1 Å². The van der Waals surface area contributed by atoms with Gasteiger partial charge in [-0.2, -0.15) is 0 Å². The summed E-state index contributed by atoms with van der Waals surface area (Å²) in [6.07, 6.45) is 1.46. The third-order valence-corrected chi connectivity index (χ3v) is 4.12. The van der Waals surface area contributed by atoms with Gasteiger partial charge in [0.15, 0.2) is 5.82 Å². The van der Waals surface area contributed by atoms with E-state index in [1.54, 1.807) is 0 Å². The molecule has 2 heterocycles. The van der Waals surface area contributed by atoms with Crippen LogP contribution < -0.4 is 15.8 Å². The molecule has 0 unspecified atom stereocenters. The standard InChI is InChI=1S/C13H13IN4O/c14-11-12(16-8-17-13(11)19)18-6-5-15-7-9-3-1-2-4-10(9)18/h1-4,8,15H,5-7H2,(H,16,17,19). The van der Waals surface area contributed by atoms with Gasteiger partial charge in [-0.3, -0.25) is 4.79 Å². The average Bonchev–Trinajstić information content (AvgIpc) is 2.64. The topological polar surface area (TPSA) is 61.0 Å². The summed E-state index contributed by atoms with van der Waals surface area (Å²) in [6.45, 7) is 2.50. The van der Waals surface area contributed by atoms with E-state index in [2.05, 4.69) is 54.9 Å². The smallest absolute Gasteiger partial charge is 0.266 e. The zero-order chi connectivity index (χ0) is 13.2. The van der Waals surface area contributed by atoms with Crippen LogP contribution in [0.4, 0.5) is 11.5 Å². The van der Waals surface area contributed by atoms with Gasteiger partial charge < -0.3 is 15.2 Å². The van der Waals surface area contributed by atoms with Gasteiger partial charge in [0.25, 0.3) is 5.56 Å². The molecule has 0 fully saturated rings. The van der Waals surface area contributed by atoms with Crippen LogP contribution in [0.25, 0.3) is 0 Å². The number of benzene rings is 1. The number of rotatable bonds is 1. The number of para-hydroxylation sites is 1. The Morgan fingerprint density at radius 2 is 2.16 bits per heavy atom. The highest BCUT2D eigenvalue weighted by atomic mass is 127. The van der Waals surface area contributed by atoms with Gasteiger partial charge in [-0.1, -0.05) is 18.2 Å². The molecule has 1 aliphatic rings. The number of aromatic amines is 1. The number of anilines is 2. The van der Waals surface area contributed by atoms with Gasteiger partial charge in [0.05, 0.1) is 6.33 Å². The number of hydrogen-bond acceptors (Lipinski definition) is 4. The Labute approximate surface area is 124 Å². The number of nitrogens with one attached hydrogen (secondary N) is 2. The lowest BCUT2D eigenvalue weighted by atomic mass is 10.1. The van der Waals surface area contributed by atoms with E-state index in [1.165, 1.54) is 11.9 Å². The first-order chi connectivity index (χ1) is 9.27. The highest BCUT2D eigenvalue weighted by molar-refractivity contribution is 14.1. The van der Waals surface area contributed by atoms with Crippen LogP contribution in [0.2, 0.25) is 0 Å². The van der Waals surface area contributed by atoms with Gasteiger partial charge in [-0.15, -0.1) is 0 Å². The van der Waals surface area contributed by atoms with Crippen molar-refractivity contribution in [3.63, 3.8) is 0 Å². The summed E-state index contributed by atoms with van der Waals surface area (Å²) < 4.78 is 0.622. The molecule has 6 heteroatoms. The van der Waals surface area contributed by atoms with E-state index in [1.807, 2.05) is 12.1 Å². The summed E-state index contributed by atoms with van der Waals surface area (Å²) in [4.78, 5) is 20.8. The van der Waals surface area contributed by atoms with Crippen LogP contribution in [0.1, 0.15) is 5.56 Å². The Balaban J connectivity index is 2.14. The number of halogens is 1. The quantitative estimate of drug-likeness (QED) is 0.752. The first-order valence-corrected chi connectivity index (χ1v) is 7.14. The first-order valence-electron chi connectivity index (χ1n) is 6.07. The molecule has 0 spiro atoms. The van der Waals surface area contributed by atoms with E-state index in [9.17, 15) is 4.79 Å². The molecular weight excluding hydrogens is 355 g/mol. The number of fused-ring (bicyclic) bond motifs is 1. The SMILES string of the molecule is O=c1[nH]cnc(N2CCNCc3ccccc32)c1I. The summed E-state index contributed by atoms with van der Waals surface area (Å²) in [7, 11) is 0. The molecule has 0 saturated carbocycles. The fourth-order valence-corrected chi connectivity index (χ4v) is 2.83. The summed E-state index contributed by atoms with van der Waals surface area (Å²) in [5.41, 5.74) is 2.24. The predicted molar refractivity (Wildman–Crippen MR) is 82.7 cm³/mol. The van der Waals surface area contributed by atoms with Crippen molar-refractivity contribution >= 4 is 34.1 Å². The van der Waals surface area contributed by atoms with Crippen LogP contribution in [0, 0.1) is 3.57 Å². The maximum atomic E-state index is 11.7. The molecule has 0 amide bonds. The number of H-pyrrole nitrogens is 1. The van der Waals surface area contributed by atoms with Gasteiger partial charge in [0.2, 0.25) is 0 Å². The molecule has 0 radical (unpaired) electrons. The lowest BCUT2D eigenvalue weighted by Gasteiger charge is -2.24. The van der Waals surface area contributed by atoms with Gasteiger partial charge in [-0.05, 0) is 34.2 Å². The van der Waals surface area contributed by atoms with Gasteiger partial charge in [0.1, 0.15) is 3.57 Å². The second-order valence-electron chi connectivity index (χ2n) is 4.33. The lowest BCUT2D eigenvalue weighted by molar-refractivity contribution is 0.710. The second kappa shape index (κ2) is 5.30. The van der Waals surface area contributed by atoms with Crippen molar-refractivity contribution in [2.45, 2.75) is 6.54 Å². The van der Waals surface area contributed by atoms with Crippen molar-refractivity contribution in [2.75, 3.05) is 18.0 Å². The third-order valence-electron chi connectivity index (χ3n) is 3.14. The molecule has 0 saturated heterocycles. The van der Waals surface area contributed by atoms with Crippen molar-refractivity contribution in [1.82, 2.24) is 15.3 Å². The van der Waals surface area contributed by atoms with Crippen molar-refractivity contribution in [2.24, 2.45) is 0 Å². The van der Waals surface area contributed by atoms with Crippen LogP contribution >= 0.6 is 22.6 Å². The van der Waals surface area contributed by atoms with Gasteiger partial charge in [-0.25, -0.2) is 4.98 Å². The van der Waals surface area contributed by atoms with Crippen LogP contribution in [0.3, 0.4) is 0 Å². The number of aromatic nitrogens is 2. The third kappa shape index (κ3) is 2.37. The first kappa shape index (κ1) is 12.6. The summed E-state index contributed by atoms with van der Waals surface area (Å²) in [5.74, 6) is 0.723. The minimum atomic E-state index is -0.0970. The fraction of sp³-hybridized carbons (Fsp3) is 0.231. The lowest BCUT2D eigenvalue weighted by Crippen LogP contribution is -2.28. The van der Waals surface area contributed by atoms with Crippen LogP contribution in [-0.2, 0) is 6.54 Å². The van der Waals surface area contributed by atoms with E-state index in [4.69, 9.17) is 0 Å². The van der Waals surface area contributed by atoms with Crippen LogP contribution in [0.5, 0.6) is 0 Å². The maximum Gasteiger partial charge on any atom is 0.266 e. The molecule has 0 atom stereocenters. The zero-order valence-corrected chi connectivity index (χ0v) is 12.3. The summed E-state index contributed by atoms with van der Waals surface area (Å²) in [5, 5.41) is 3.38. The van der Waals surface area contributed by atoms with Crippen molar-refractivity contribution in [1.29, 1.82) is 0 Å². The average molecular weight is 368 g/mol. The largest absolute Gasteiger partial charge is 0.324 e. The Bertz CT molecular complexity index is 655. The monoisotopic (exact) mass is 368 g/mol. The maximum absolute atomic E-state index is 11.7. The normalized spacial score (nSPS) is 14.9. The molecule has 0 aliphatic carbocycles. The fourth-order valence-electron chi connectivity index (χ4n) is 2.24. The predicted octanol–water partition coefficient (Wildman–Crippen LogP) is 1.62. The van der Waals surface area contributed by atoms with E-state index in [0.717, 1.165) is 31.1 Å². The van der Waals surface area contributed by atoms with E-state index < -0.39 is 0 Å². The molecule has 0 bridgehead atoms. The molecule has 3 rings (SSSR count). The van der Waals surface area contributed by atoms with Gasteiger partial charge in [0, 0.05) is 25.3 Å². The van der Waals surface area contributed by atoms with Crippen LogP contribution in [0.15, 0.2) is 35.4 Å². The molecule has 5 nitrogen and oxygen atoms in total. The Morgan fingerprint density at radius 3 is 3.05 bits per heavy atom. The molecule has 1 aliphatic heterocycles. The molecular formula is C13H13IN4O. The molecule has 2 aromatic rings. The van der Waals surface area contributed by atoms with Gasteiger partial charge >= 0.3 is 0 Å². The van der Waals surface area contributed by atoms with Crippen molar-refractivity contribution < 1.29 is 0 Å². The molecule has 1 aromatic carbocycles. The zero-order valence-electron chi connectivity index (χ0n) is 10.2. The van der Waals surface area contributed by atoms with Crippen molar-refractivity contribution in [3.8, 4) is 0 Å². The highest BCUT2D eigenvalue weighted by Crippen LogP contribution is 2.29. The summed E-state index contributed by atoms with van der Waals surface area (Å²) in [6, 6.07) is 8.21. The van der Waals surface area contributed by atoms with E-state index >= 15 is 0 Å². The van der Waals surface area contributed by atoms with E-state index in [0.29, 0.717) is 3.57 Å². The molecule has 98 valence electrons. The molecule has 1 aromatic heterocycles. The summed E-state index contributed by atoms with van der Waals surface area (Å²) >= 11 is 2.05. The van der Waals surface area contributed by atoms with E-state index in [-0.39, 0.29) is 5.56 Å². The Hall–Kier alpha value is -1.41. The minimum absolute atomic E-state index is 0.0970. The Morgan fingerprint density at radius 1 is 1.32 bits per heavy atom. The van der Waals surface area contributed by atoms with Crippen LogP contribution in [-0.4, -0.2) is 23.1 Å². The number of nitrogens with zero attached hydrogens (tertiary/aromatic N) is 2. The number of hydrogen-bond donors (Lipinski definition) is 2. The minimum Gasteiger partial charge on any atom is -0.324 e.